The Morgan fingerprint density at radius 1 is 0.473 bits per heavy atom. The van der Waals surface area contributed by atoms with E-state index in [-0.39, 0.29) is 46.3 Å². The predicted molar refractivity (Wildman–Crippen MR) is 253 cm³/mol. The second-order valence-corrected chi connectivity index (χ2v) is 31.6. The average molecular weight is 1020 g/mol. The van der Waals surface area contributed by atoms with Crippen LogP contribution in [0.3, 0.4) is 0 Å². The summed E-state index contributed by atoms with van der Waals surface area (Å²) in [5.41, 5.74) is 2.61. The van der Waals surface area contributed by atoms with E-state index in [0.717, 1.165) is 23.4 Å². The second kappa shape index (κ2) is 21.4. The van der Waals surface area contributed by atoms with Crippen molar-refractivity contribution in [3.63, 3.8) is 0 Å². The van der Waals surface area contributed by atoms with Crippen molar-refractivity contribution < 1.29 is 32.8 Å². The maximum absolute atomic E-state index is 7.15. The third-order valence-corrected chi connectivity index (χ3v) is 25.6. The van der Waals surface area contributed by atoms with Gasteiger partial charge in [-0.25, -0.2) is 0 Å². The third-order valence-electron chi connectivity index (χ3n) is 11.5. The molecule has 0 aliphatic heterocycles. The minimum absolute atomic E-state index is 0. The fourth-order valence-corrected chi connectivity index (χ4v) is 13.8. The summed E-state index contributed by atoms with van der Waals surface area (Å²) in [5.74, 6) is 0. The molecule has 0 saturated carbocycles. The van der Waals surface area contributed by atoms with Crippen molar-refractivity contribution in [1.82, 2.24) is 0 Å². The van der Waals surface area contributed by atoms with Crippen LogP contribution >= 0.6 is 29.9 Å². The molecule has 2 atom stereocenters. The normalized spacial score (nSPS) is 13.5. The van der Waals surface area contributed by atoms with Crippen LogP contribution in [0.15, 0.2) is 152 Å². The maximum atomic E-state index is 7.15. The van der Waals surface area contributed by atoms with E-state index in [9.17, 15) is 0 Å². The molecule has 0 radical (unpaired) electrons. The van der Waals surface area contributed by atoms with Crippen LogP contribution in [0.1, 0.15) is 77.7 Å². The minimum atomic E-state index is -1.97. The van der Waals surface area contributed by atoms with Crippen LogP contribution in [0.25, 0.3) is 0 Å². The highest BCUT2D eigenvalue weighted by Gasteiger charge is 2.47. The van der Waals surface area contributed by atoms with Crippen molar-refractivity contribution in [2.24, 2.45) is 0 Å². The van der Waals surface area contributed by atoms with Gasteiger partial charge < -0.3 is 32.8 Å². The van der Waals surface area contributed by atoms with Gasteiger partial charge in [-0.05, 0) is 90.2 Å². The quantitative estimate of drug-likeness (QED) is 0.0478. The van der Waals surface area contributed by atoms with Gasteiger partial charge in [0.05, 0.1) is 18.4 Å². The second-order valence-electron chi connectivity index (χ2n) is 17.4. The van der Waals surface area contributed by atoms with Gasteiger partial charge >= 0.3 is 0 Å². The largest absolute Gasteiger partial charge is 1.00 e. The fraction of sp³-hybridized carbons (Fsp3) is 0.375. The van der Waals surface area contributed by atoms with Crippen LogP contribution in [0.4, 0.5) is 0 Å². The van der Waals surface area contributed by atoms with Crippen LogP contribution in [0, 0.1) is 0 Å². The van der Waals surface area contributed by atoms with E-state index in [1.165, 1.54) is 27.0 Å². The third kappa shape index (κ3) is 12.9. The molecule has 0 fully saturated rings. The smallest absolute Gasteiger partial charge is 0.192 e. The lowest BCUT2D eigenvalue weighted by Crippen LogP contribution is -3.00. The Labute approximate surface area is 368 Å². The molecule has 0 aromatic heterocycles. The number of benzene rings is 5. The Kier molecular flexibility index (Phi) is 18.5. The van der Waals surface area contributed by atoms with Gasteiger partial charge in [-0.2, -0.15) is 0 Å². The monoisotopic (exact) mass is 1010 g/mol. The molecule has 0 aliphatic carbocycles. The summed E-state index contributed by atoms with van der Waals surface area (Å²) in [6.07, 6.45) is 3.45. The standard InChI is InChI=1S/C33H40OPSi.C15H25IOSi.HI/c1-33(2,3)36(4,5)34-32(28-18-10-6-11-19-28)26-27-35(29-20-12-7-13-21-29,30-22-14-8-15-23-30)31-24-16-9-17-25-31;1-15(2,3)18(4,5)17-14(11-12-16)13-9-7-6-8-10-13;/h6-25,32H,26-27H2,1-5H3;6-10,14H,11-12H2,1-5H3;1H/q+1;;/p-1. The predicted octanol–water partition coefficient (Wildman–Crippen LogP) is 10.7. The lowest BCUT2D eigenvalue weighted by Gasteiger charge is -2.40. The van der Waals surface area contributed by atoms with E-state index in [1.807, 2.05) is 0 Å². The van der Waals surface area contributed by atoms with Gasteiger partial charge in [-0.3, -0.25) is 0 Å². The molecule has 0 aliphatic rings. The minimum Gasteiger partial charge on any atom is -1.00 e. The Morgan fingerprint density at radius 2 is 0.745 bits per heavy atom. The Balaban J connectivity index is 0.000000362. The number of halogens is 2. The molecule has 0 N–H and O–H groups in total. The molecule has 0 spiro atoms. The molecule has 2 unspecified atom stereocenters. The average Bonchev–Trinajstić information content (AvgIpc) is 3.16. The Morgan fingerprint density at radius 3 is 1.02 bits per heavy atom. The summed E-state index contributed by atoms with van der Waals surface area (Å²) in [6, 6.07) is 55.0. The van der Waals surface area contributed by atoms with E-state index >= 15 is 0 Å². The Bertz CT molecular complexity index is 1700. The molecule has 5 aromatic rings. The van der Waals surface area contributed by atoms with Crippen LogP contribution in [0.2, 0.25) is 36.3 Å². The van der Waals surface area contributed by atoms with E-state index in [4.69, 9.17) is 8.85 Å². The molecule has 0 amide bonds. The molecule has 5 rings (SSSR count). The summed E-state index contributed by atoms with van der Waals surface area (Å²) < 4.78 is 14.8. The lowest BCUT2D eigenvalue weighted by molar-refractivity contribution is -0.0000139. The number of alkyl halides is 1. The highest BCUT2D eigenvalue weighted by molar-refractivity contribution is 14.1. The van der Waals surface area contributed by atoms with Gasteiger partial charge in [0.15, 0.2) is 16.6 Å². The van der Waals surface area contributed by atoms with E-state index in [0.29, 0.717) is 0 Å². The van der Waals surface area contributed by atoms with Crippen molar-refractivity contribution in [1.29, 1.82) is 0 Å². The van der Waals surface area contributed by atoms with Crippen molar-refractivity contribution >= 4 is 62.4 Å². The lowest BCUT2D eigenvalue weighted by atomic mass is 10.1. The van der Waals surface area contributed by atoms with Crippen molar-refractivity contribution in [2.45, 2.75) is 103 Å². The van der Waals surface area contributed by atoms with Gasteiger partial charge in [0, 0.05) is 10.8 Å². The van der Waals surface area contributed by atoms with E-state index < -0.39 is 23.9 Å². The SMILES string of the molecule is CC(C)(C)[Si](C)(C)OC(CCI)c1ccccc1.CC(C)(C)[Si](C)(C)OC(CC[P+](c1ccccc1)(c1ccccc1)c1ccccc1)c1ccccc1.[I-]. The number of rotatable bonds is 14. The van der Waals surface area contributed by atoms with Gasteiger partial charge in [0.2, 0.25) is 0 Å². The molecule has 55 heavy (non-hydrogen) atoms. The van der Waals surface area contributed by atoms with E-state index in [1.54, 1.807) is 0 Å². The summed E-state index contributed by atoms with van der Waals surface area (Å²) in [7, 11) is -5.56. The van der Waals surface area contributed by atoms with Gasteiger partial charge in [0.1, 0.15) is 23.2 Å². The Hall–Kier alpha value is -1.66. The first-order valence-corrected chi connectivity index (χ1v) is 28.9. The van der Waals surface area contributed by atoms with Crippen molar-refractivity contribution in [3.05, 3.63) is 163 Å². The van der Waals surface area contributed by atoms with Crippen LogP contribution in [-0.2, 0) is 8.85 Å². The molecular formula is C48H65I2O2PSi2. The molecule has 0 bridgehead atoms. The van der Waals surface area contributed by atoms with Gasteiger partial charge in [0.25, 0.3) is 0 Å². The van der Waals surface area contributed by atoms with Crippen molar-refractivity contribution in [2.75, 3.05) is 10.6 Å². The molecular weight excluding hydrogens is 949 g/mol. The van der Waals surface area contributed by atoms with Crippen molar-refractivity contribution in [3.8, 4) is 0 Å². The molecule has 0 heterocycles. The first-order chi connectivity index (χ1) is 25.5. The summed E-state index contributed by atoms with van der Waals surface area (Å²) in [5, 5.41) is 4.72. The summed E-state index contributed by atoms with van der Waals surface area (Å²) in [4.78, 5) is 0. The maximum Gasteiger partial charge on any atom is 0.192 e. The molecule has 296 valence electrons. The van der Waals surface area contributed by atoms with E-state index in [2.05, 4.69) is 242 Å². The van der Waals surface area contributed by atoms with Crippen LogP contribution in [-0.4, -0.2) is 27.2 Å². The molecule has 7 heteroatoms. The molecule has 5 aromatic carbocycles. The topological polar surface area (TPSA) is 18.5 Å². The first-order valence-electron chi connectivity index (χ1n) is 19.6. The highest BCUT2D eigenvalue weighted by atomic mass is 127. The summed E-state index contributed by atoms with van der Waals surface area (Å²) >= 11 is 2.44. The van der Waals surface area contributed by atoms with Crippen LogP contribution < -0.4 is 39.9 Å². The molecule has 2 nitrogen and oxygen atoms in total. The fourth-order valence-electron chi connectivity index (χ4n) is 6.28. The number of hydrogen-bond acceptors (Lipinski definition) is 2. The highest BCUT2D eigenvalue weighted by Crippen LogP contribution is 2.57. The zero-order valence-corrected chi connectivity index (χ0v) is 42.1. The van der Waals surface area contributed by atoms with Gasteiger partial charge in [-0.15, -0.1) is 0 Å². The zero-order valence-electron chi connectivity index (χ0n) is 34.9. The van der Waals surface area contributed by atoms with Gasteiger partial charge in [-0.1, -0.05) is 179 Å². The van der Waals surface area contributed by atoms with Crippen LogP contribution in [0.5, 0.6) is 0 Å². The molecule has 0 saturated heterocycles. The summed E-state index contributed by atoms with van der Waals surface area (Å²) in [6.45, 7) is 23.3. The first kappa shape index (κ1) is 47.7. The zero-order chi connectivity index (χ0) is 39.5. The number of hydrogen-bond donors (Lipinski definition) is 0.